The molecule has 0 spiro atoms. The Morgan fingerprint density at radius 2 is 2.08 bits per heavy atom. The average Bonchev–Trinajstić information content (AvgIpc) is 2.03. The number of allylic oxidation sites excluding steroid dienone is 1. The highest BCUT2D eigenvalue weighted by Crippen LogP contribution is 2.04. The van der Waals surface area contributed by atoms with Crippen molar-refractivity contribution in [1.82, 2.24) is 0 Å². The summed E-state index contributed by atoms with van der Waals surface area (Å²) in [5.74, 6) is 0.559. The number of methoxy groups -OCH3 is 1. The van der Waals surface area contributed by atoms with Crippen LogP contribution in [0.2, 0.25) is 0 Å². The number of hydrogen-bond acceptors (Lipinski definition) is 2. The van der Waals surface area contributed by atoms with Crippen molar-refractivity contribution in [2.45, 2.75) is 33.1 Å². The fourth-order valence-corrected chi connectivity index (χ4v) is 0.810. The lowest BCUT2D eigenvalue weighted by Gasteiger charge is -1.98. The molecular weight excluding hydrogens is 152 g/mol. The zero-order chi connectivity index (χ0) is 9.40. The fourth-order valence-electron chi connectivity index (χ4n) is 0.810. The standard InChI is InChI=1S/C10H18O2/c1-9(2)7-5-4-6-8-10(11)12-3/h4,6,9H,5,7-8H2,1-3H3/b6-4+. The summed E-state index contributed by atoms with van der Waals surface area (Å²) in [6.45, 7) is 4.38. The first-order valence-electron chi connectivity index (χ1n) is 4.38. The number of hydrogen-bond donors (Lipinski definition) is 0. The zero-order valence-corrected chi connectivity index (χ0v) is 8.17. The molecule has 0 saturated heterocycles. The molecule has 0 unspecified atom stereocenters. The molecule has 0 N–H and O–H groups in total. The van der Waals surface area contributed by atoms with Crippen LogP contribution in [0, 0.1) is 5.92 Å². The van der Waals surface area contributed by atoms with E-state index in [0.717, 1.165) is 12.3 Å². The molecule has 0 heterocycles. The number of carbonyl (C=O) groups excluding carboxylic acids is 1. The lowest BCUT2D eigenvalue weighted by atomic mass is 10.1. The van der Waals surface area contributed by atoms with Crippen LogP contribution in [0.4, 0.5) is 0 Å². The van der Waals surface area contributed by atoms with Crippen LogP contribution in [-0.2, 0) is 9.53 Å². The SMILES string of the molecule is COC(=O)C/C=C/CCC(C)C. The summed E-state index contributed by atoms with van der Waals surface area (Å²) < 4.78 is 4.49. The predicted molar refractivity (Wildman–Crippen MR) is 49.8 cm³/mol. The van der Waals surface area contributed by atoms with Crippen molar-refractivity contribution in [3.05, 3.63) is 12.2 Å². The Hall–Kier alpha value is -0.790. The molecule has 70 valence electrons. The van der Waals surface area contributed by atoms with Gasteiger partial charge in [-0.25, -0.2) is 0 Å². The average molecular weight is 170 g/mol. The fraction of sp³-hybridized carbons (Fsp3) is 0.700. The van der Waals surface area contributed by atoms with Crippen molar-refractivity contribution in [2.75, 3.05) is 7.11 Å². The number of carbonyl (C=O) groups is 1. The van der Waals surface area contributed by atoms with E-state index in [9.17, 15) is 4.79 Å². The topological polar surface area (TPSA) is 26.3 Å². The third-order valence-corrected chi connectivity index (χ3v) is 1.59. The van der Waals surface area contributed by atoms with E-state index in [1.165, 1.54) is 13.5 Å². The molecule has 0 saturated carbocycles. The maximum atomic E-state index is 10.6. The van der Waals surface area contributed by atoms with Crippen LogP contribution >= 0.6 is 0 Å². The van der Waals surface area contributed by atoms with E-state index >= 15 is 0 Å². The van der Waals surface area contributed by atoms with Crippen molar-refractivity contribution in [1.29, 1.82) is 0 Å². The molecule has 0 fully saturated rings. The number of rotatable bonds is 5. The maximum absolute atomic E-state index is 10.6. The molecule has 0 bridgehead atoms. The van der Waals surface area contributed by atoms with E-state index in [1.54, 1.807) is 0 Å². The first kappa shape index (κ1) is 11.2. The Balaban J connectivity index is 3.31. The third-order valence-electron chi connectivity index (χ3n) is 1.59. The summed E-state index contributed by atoms with van der Waals surface area (Å²) in [5.41, 5.74) is 0. The molecule has 0 amide bonds. The molecule has 0 radical (unpaired) electrons. The smallest absolute Gasteiger partial charge is 0.309 e. The van der Waals surface area contributed by atoms with Crippen LogP contribution in [0.1, 0.15) is 33.1 Å². The summed E-state index contributed by atoms with van der Waals surface area (Å²) in [5, 5.41) is 0. The van der Waals surface area contributed by atoms with Crippen molar-refractivity contribution < 1.29 is 9.53 Å². The Morgan fingerprint density at radius 3 is 2.58 bits per heavy atom. The molecule has 2 heteroatoms. The predicted octanol–water partition coefficient (Wildman–Crippen LogP) is 2.54. The first-order valence-corrected chi connectivity index (χ1v) is 4.38. The van der Waals surface area contributed by atoms with E-state index in [2.05, 4.69) is 18.6 Å². The number of esters is 1. The Labute approximate surface area is 74.6 Å². The van der Waals surface area contributed by atoms with Crippen LogP contribution < -0.4 is 0 Å². The normalized spacial score (nSPS) is 11.0. The van der Waals surface area contributed by atoms with Crippen molar-refractivity contribution in [2.24, 2.45) is 5.92 Å². The Morgan fingerprint density at radius 1 is 1.42 bits per heavy atom. The van der Waals surface area contributed by atoms with Crippen LogP contribution in [0.3, 0.4) is 0 Å². The van der Waals surface area contributed by atoms with Gasteiger partial charge in [-0.3, -0.25) is 4.79 Å². The van der Waals surface area contributed by atoms with Gasteiger partial charge in [-0.05, 0) is 18.8 Å². The molecule has 0 aliphatic carbocycles. The minimum atomic E-state index is -0.171. The summed E-state index contributed by atoms with van der Waals surface area (Å²) >= 11 is 0. The van der Waals surface area contributed by atoms with Crippen LogP contribution in [0.25, 0.3) is 0 Å². The molecule has 0 aromatic heterocycles. The van der Waals surface area contributed by atoms with Gasteiger partial charge in [0, 0.05) is 0 Å². The number of ether oxygens (including phenoxy) is 1. The second-order valence-corrected chi connectivity index (χ2v) is 3.22. The zero-order valence-electron chi connectivity index (χ0n) is 8.17. The van der Waals surface area contributed by atoms with Crippen molar-refractivity contribution in [3.8, 4) is 0 Å². The van der Waals surface area contributed by atoms with E-state index in [4.69, 9.17) is 0 Å². The van der Waals surface area contributed by atoms with Gasteiger partial charge in [-0.15, -0.1) is 0 Å². The van der Waals surface area contributed by atoms with Gasteiger partial charge in [-0.1, -0.05) is 26.0 Å². The molecule has 0 aliphatic heterocycles. The van der Waals surface area contributed by atoms with Gasteiger partial charge in [0.1, 0.15) is 0 Å². The monoisotopic (exact) mass is 170 g/mol. The summed E-state index contributed by atoms with van der Waals surface area (Å²) in [6, 6.07) is 0. The molecule has 0 rings (SSSR count). The van der Waals surface area contributed by atoms with E-state index in [1.807, 2.05) is 12.2 Å². The highest BCUT2D eigenvalue weighted by Gasteiger charge is 1.93. The van der Waals surface area contributed by atoms with Gasteiger partial charge in [0.05, 0.1) is 13.5 Å². The van der Waals surface area contributed by atoms with Gasteiger partial charge < -0.3 is 4.74 Å². The second kappa shape index (κ2) is 6.89. The highest BCUT2D eigenvalue weighted by atomic mass is 16.5. The molecular formula is C10H18O2. The van der Waals surface area contributed by atoms with Crippen molar-refractivity contribution in [3.63, 3.8) is 0 Å². The second-order valence-electron chi connectivity index (χ2n) is 3.22. The van der Waals surface area contributed by atoms with Gasteiger partial charge in [0.2, 0.25) is 0 Å². The Kier molecular flexibility index (Phi) is 6.44. The minimum Gasteiger partial charge on any atom is -0.469 e. The lowest BCUT2D eigenvalue weighted by molar-refractivity contribution is -0.139. The lowest BCUT2D eigenvalue weighted by Crippen LogP contribution is -1.96. The summed E-state index contributed by atoms with van der Waals surface area (Å²) in [6.07, 6.45) is 6.53. The van der Waals surface area contributed by atoms with Gasteiger partial charge in [0.25, 0.3) is 0 Å². The maximum Gasteiger partial charge on any atom is 0.309 e. The minimum absolute atomic E-state index is 0.171. The summed E-state index contributed by atoms with van der Waals surface area (Å²) in [7, 11) is 1.41. The van der Waals surface area contributed by atoms with Gasteiger partial charge in [0.15, 0.2) is 0 Å². The Bertz CT molecular complexity index is 148. The van der Waals surface area contributed by atoms with Gasteiger partial charge in [-0.2, -0.15) is 0 Å². The first-order chi connectivity index (χ1) is 5.66. The molecule has 12 heavy (non-hydrogen) atoms. The van der Waals surface area contributed by atoms with Crippen LogP contribution in [0.15, 0.2) is 12.2 Å². The van der Waals surface area contributed by atoms with E-state index in [-0.39, 0.29) is 5.97 Å². The van der Waals surface area contributed by atoms with Crippen LogP contribution in [0.5, 0.6) is 0 Å². The van der Waals surface area contributed by atoms with E-state index < -0.39 is 0 Å². The summed E-state index contributed by atoms with van der Waals surface area (Å²) in [4.78, 5) is 10.6. The highest BCUT2D eigenvalue weighted by molar-refractivity contribution is 5.70. The molecule has 0 aromatic rings. The third kappa shape index (κ3) is 7.32. The molecule has 0 aliphatic rings. The molecule has 0 aromatic carbocycles. The molecule has 0 atom stereocenters. The quantitative estimate of drug-likeness (QED) is 0.468. The largest absolute Gasteiger partial charge is 0.469 e. The molecule has 2 nitrogen and oxygen atoms in total. The van der Waals surface area contributed by atoms with E-state index in [0.29, 0.717) is 6.42 Å². The van der Waals surface area contributed by atoms with Crippen LogP contribution in [-0.4, -0.2) is 13.1 Å². The van der Waals surface area contributed by atoms with Gasteiger partial charge >= 0.3 is 5.97 Å². The van der Waals surface area contributed by atoms with Crippen molar-refractivity contribution >= 4 is 5.97 Å².